The van der Waals surface area contributed by atoms with E-state index in [-0.39, 0.29) is 18.9 Å². The number of para-hydroxylation sites is 1. The van der Waals surface area contributed by atoms with Crippen LogP contribution in [0.15, 0.2) is 48.7 Å². The molecule has 0 fully saturated rings. The zero-order valence-electron chi connectivity index (χ0n) is 14.4. The Morgan fingerprint density at radius 3 is 2.72 bits per heavy atom. The van der Waals surface area contributed by atoms with Gasteiger partial charge in [0.15, 0.2) is 0 Å². The minimum Gasteiger partial charge on any atom is -0.497 e. The second-order valence-electron chi connectivity index (χ2n) is 6.08. The quantitative estimate of drug-likeness (QED) is 0.647. The van der Waals surface area contributed by atoms with Gasteiger partial charge in [0.1, 0.15) is 5.75 Å². The second-order valence-corrected chi connectivity index (χ2v) is 6.08. The highest BCUT2D eigenvalue weighted by Gasteiger charge is 2.12. The molecular formula is C20H22N2O3. The van der Waals surface area contributed by atoms with E-state index in [2.05, 4.69) is 10.3 Å². The molecule has 5 heteroatoms. The highest BCUT2D eigenvalue weighted by atomic mass is 16.5. The molecule has 3 N–H and O–H groups in total. The number of hydrogen-bond acceptors (Lipinski definition) is 3. The van der Waals surface area contributed by atoms with Gasteiger partial charge in [-0.25, -0.2) is 0 Å². The van der Waals surface area contributed by atoms with E-state index >= 15 is 0 Å². The number of ether oxygens (including phenoxy) is 1. The van der Waals surface area contributed by atoms with Gasteiger partial charge in [-0.1, -0.05) is 30.3 Å². The molecule has 1 heterocycles. The average molecular weight is 338 g/mol. The molecule has 0 aliphatic heterocycles. The normalized spacial score (nSPS) is 12.1. The van der Waals surface area contributed by atoms with Gasteiger partial charge in [0, 0.05) is 23.6 Å². The van der Waals surface area contributed by atoms with Crippen molar-refractivity contribution in [1.29, 1.82) is 0 Å². The van der Waals surface area contributed by atoms with Crippen molar-refractivity contribution in [3.8, 4) is 5.75 Å². The molecule has 0 saturated carbocycles. The summed E-state index contributed by atoms with van der Waals surface area (Å²) >= 11 is 0. The maximum absolute atomic E-state index is 12.2. The minimum atomic E-state index is -0.750. The van der Waals surface area contributed by atoms with E-state index in [0.29, 0.717) is 0 Å². The fourth-order valence-corrected chi connectivity index (χ4v) is 2.90. The number of benzene rings is 2. The van der Waals surface area contributed by atoms with Crippen molar-refractivity contribution in [1.82, 2.24) is 10.3 Å². The van der Waals surface area contributed by atoms with E-state index in [1.807, 2.05) is 31.3 Å². The molecule has 0 radical (unpaired) electrons. The minimum absolute atomic E-state index is 0.116. The first kappa shape index (κ1) is 17.0. The number of aromatic nitrogens is 1. The highest BCUT2D eigenvalue weighted by molar-refractivity contribution is 5.90. The Labute approximate surface area is 146 Å². The summed E-state index contributed by atoms with van der Waals surface area (Å²) in [6.45, 7) is 2.21. The van der Waals surface area contributed by atoms with Gasteiger partial charge in [-0.3, -0.25) is 4.79 Å². The van der Waals surface area contributed by atoms with Gasteiger partial charge in [0.2, 0.25) is 5.91 Å². The summed E-state index contributed by atoms with van der Waals surface area (Å²) in [5.41, 5.74) is 3.90. The van der Waals surface area contributed by atoms with Gasteiger partial charge in [0.25, 0.3) is 0 Å². The fourth-order valence-electron chi connectivity index (χ4n) is 2.90. The van der Waals surface area contributed by atoms with Gasteiger partial charge < -0.3 is 20.1 Å². The Hall–Kier alpha value is -2.79. The number of carbonyl (C=O) groups excluding carboxylic acids is 1. The summed E-state index contributed by atoms with van der Waals surface area (Å²) in [6, 6.07) is 13.2. The first-order valence-corrected chi connectivity index (χ1v) is 8.23. The third-order valence-corrected chi connectivity index (χ3v) is 4.35. The number of aliphatic hydroxyl groups excluding tert-OH is 1. The van der Waals surface area contributed by atoms with Crippen LogP contribution in [0.3, 0.4) is 0 Å². The van der Waals surface area contributed by atoms with E-state index < -0.39 is 6.10 Å². The molecule has 0 aliphatic carbocycles. The van der Waals surface area contributed by atoms with Gasteiger partial charge in [0.05, 0.1) is 19.6 Å². The molecule has 0 saturated heterocycles. The Bertz CT molecular complexity index is 868. The van der Waals surface area contributed by atoms with Crippen LogP contribution >= 0.6 is 0 Å². The number of rotatable bonds is 6. The zero-order valence-corrected chi connectivity index (χ0v) is 14.4. The first-order valence-electron chi connectivity index (χ1n) is 8.23. The number of aryl methyl sites for hydroxylation is 1. The fraction of sp³-hybridized carbons (Fsp3) is 0.250. The molecule has 5 nitrogen and oxygen atoms in total. The van der Waals surface area contributed by atoms with Crippen LogP contribution in [0.25, 0.3) is 10.9 Å². The monoisotopic (exact) mass is 338 g/mol. The summed E-state index contributed by atoms with van der Waals surface area (Å²) < 4.78 is 5.10. The summed E-state index contributed by atoms with van der Waals surface area (Å²) in [5, 5.41) is 14.1. The summed E-state index contributed by atoms with van der Waals surface area (Å²) in [7, 11) is 1.60. The van der Waals surface area contributed by atoms with Crippen molar-refractivity contribution < 1.29 is 14.6 Å². The molecule has 1 amide bonds. The highest BCUT2D eigenvalue weighted by Crippen LogP contribution is 2.21. The number of H-pyrrole nitrogens is 1. The number of nitrogens with one attached hydrogen (secondary N) is 2. The number of fused-ring (bicyclic) bond motifs is 1. The van der Waals surface area contributed by atoms with Gasteiger partial charge in [-0.15, -0.1) is 0 Å². The smallest absolute Gasteiger partial charge is 0.224 e. The van der Waals surface area contributed by atoms with E-state index in [9.17, 15) is 9.90 Å². The number of aliphatic hydroxyl groups is 1. The Morgan fingerprint density at radius 2 is 2.00 bits per heavy atom. The number of hydrogen-bond donors (Lipinski definition) is 3. The predicted molar refractivity (Wildman–Crippen MR) is 97.7 cm³/mol. The first-order chi connectivity index (χ1) is 12.1. The topological polar surface area (TPSA) is 74.3 Å². The average Bonchev–Trinajstić information content (AvgIpc) is 3.04. The van der Waals surface area contributed by atoms with Gasteiger partial charge >= 0.3 is 0 Å². The molecule has 0 spiro atoms. The molecule has 0 aliphatic rings. The summed E-state index contributed by atoms with van der Waals surface area (Å²) in [5.74, 6) is 0.615. The lowest BCUT2D eigenvalue weighted by Gasteiger charge is -2.12. The summed E-state index contributed by atoms with van der Waals surface area (Å²) in [4.78, 5) is 15.4. The lowest BCUT2D eigenvalue weighted by molar-refractivity contribution is -0.120. The Balaban J connectivity index is 1.59. The van der Waals surface area contributed by atoms with Gasteiger partial charge in [-0.2, -0.15) is 0 Å². The third kappa shape index (κ3) is 3.83. The maximum atomic E-state index is 12.2. The molecule has 25 heavy (non-hydrogen) atoms. The second kappa shape index (κ2) is 7.40. The van der Waals surface area contributed by atoms with Crippen molar-refractivity contribution in [2.75, 3.05) is 13.7 Å². The number of amides is 1. The Morgan fingerprint density at radius 1 is 1.24 bits per heavy atom. The van der Waals surface area contributed by atoms with Crippen LogP contribution in [0, 0.1) is 6.92 Å². The van der Waals surface area contributed by atoms with Crippen LogP contribution in [0.1, 0.15) is 22.8 Å². The van der Waals surface area contributed by atoms with E-state index in [0.717, 1.165) is 33.3 Å². The predicted octanol–water partition coefficient (Wildman–Crippen LogP) is 2.88. The molecule has 1 aromatic heterocycles. The van der Waals surface area contributed by atoms with Crippen molar-refractivity contribution in [2.24, 2.45) is 0 Å². The van der Waals surface area contributed by atoms with E-state index in [4.69, 9.17) is 4.74 Å². The molecule has 3 aromatic rings. The molecular weight excluding hydrogens is 316 g/mol. The molecule has 130 valence electrons. The van der Waals surface area contributed by atoms with E-state index in [1.54, 1.807) is 31.4 Å². The van der Waals surface area contributed by atoms with Crippen molar-refractivity contribution >= 4 is 16.8 Å². The number of carbonyl (C=O) groups is 1. The standard InChI is InChI=1S/C20H22N2O3/c1-13-4-3-5-17-15(11-22-20(13)17)10-19(24)21-12-18(23)14-6-8-16(25-2)9-7-14/h3-9,11,18,22-23H,10,12H2,1-2H3,(H,21,24). The molecule has 0 bridgehead atoms. The Kier molecular flexibility index (Phi) is 5.05. The van der Waals surface area contributed by atoms with Crippen LogP contribution in [-0.4, -0.2) is 29.7 Å². The van der Waals surface area contributed by atoms with Crippen molar-refractivity contribution in [3.05, 3.63) is 65.4 Å². The van der Waals surface area contributed by atoms with Crippen LogP contribution < -0.4 is 10.1 Å². The molecule has 1 unspecified atom stereocenters. The largest absolute Gasteiger partial charge is 0.497 e. The zero-order chi connectivity index (χ0) is 17.8. The van der Waals surface area contributed by atoms with Crippen LogP contribution in [0.4, 0.5) is 0 Å². The lowest BCUT2D eigenvalue weighted by atomic mass is 10.1. The number of aromatic amines is 1. The third-order valence-electron chi connectivity index (χ3n) is 4.35. The van der Waals surface area contributed by atoms with Gasteiger partial charge in [-0.05, 0) is 35.7 Å². The molecule has 3 rings (SSSR count). The number of methoxy groups -OCH3 is 1. The lowest BCUT2D eigenvalue weighted by Crippen LogP contribution is -2.29. The maximum Gasteiger partial charge on any atom is 0.224 e. The van der Waals surface area contributed by atoms with Crippen LogP contribution in [0.5, 0.6) is 5.75 Å². The SMILES string of the molecule is COc1ccc(C(O)CNC(=O)Cc2c[nH]c3c(C)cccc23)cc1. The summed E-state index contributed by atoms with van der Waals surface area (Å²) in [6.07, 6.45) is 1.40. The van der Waals surface area contributed by atoms with Crippen LogP contribution in [0.2, 0.25) is 0 Å². The molecule has 2 aromatic carbocycles. The van der Waals surface area contributed by atoms with Crippen molar-refractivity contribution in [3.63, 3.8) is 0 Å². The van der Waals surface area contributed by atoms with Crippen LogP contribution in [-0.2, 0) is 11.2 Å². The van der Waals surface area contributed by atoms with Crippen molar-refractivity contribution in [2.45, 2.75) is 19.4 Å². The molecule has 1 atom stereocenters. The van der Waals surface area contributed by atoms with E-state index in [1.165, 1.54) is 0 Å².